The summed E-state index contributed by atoms with van der Waals surface area (Å²) in [7, 11) is 0. The number of aryl methyl sites for hydroxylation is 1. The van der Waals surface area contributed by atoms with Crippen molar-refractivity contribution < 1.29 is 18.3 Å². The van der Waals surface area contributed by atoms with Crippen LogP contribution in [0.4, 0.5) is 13.2 Å². The summed E-state index contributed by atoms with van der Waals surface area (Å²) in [6, 6.07) is 1.01. The van der Waals surface area contributed by atoms with Crippen molar-refractivity contribution in [2.75, 3.05) is 0 Å². The molecule has 0 saturated carbocycles. The number of aromatic nitrogens is 1. The van der Waals surface area contributed by atoms with Crippen LogP contribution in [0, 0.1) is 12.7 Å². The van der Waals surface area contributed by atoms with E-state index in [1.54, 1.807) is 0 Å². The topological polar surface area (TPSA) is 33.1 Å². The Kier molecular flexibility index (Phi) is 2.87. The first-order valence-corrected chi connectivity index (χ1v) is 3.61. The van der Waals surface area contributed by atoms with Gasteiger partial charge in [-0.3, -0.25) is 4.98 Å². The number of nitrogens with zero attached hydrogens (tertiary/aromatic N) is 1. The van der Waals surface area contributed by atoms with Crippen LogP contribution in [-0.4, -0.2) is 10.1 Å². The highest BCUT2D eigenvalue weighted by molar-refractivity contribution is 5.24. The van der Waals surface area contributed by atoms with Crippen LogP contribution in [-0.2, 0) is 6.61 Å². The third-order valence-corrected chi connectivity index (χ3v) is 1.59. The molecule has 72 valence electrons. The number of aliphatic hydroxyl groups is 1. The summed E-state index contributed by atoms with van der Waals surface area (Å²) < 4.78 is 37.4. The zero-order valence-corrected chi connectivity index (χ0v) is 6.89. The lowest BCUT2D eigenvalue weighted by Crippen LogP contribution is -2.03. The number of rotatable bonds is 2. The van der Waals surface area contributed by atoms with E-state index < -0.39 is 30.1 Å². The molecule has 0 atom stereocenters. The first-order chi connectivity index (χ1) is 6.06. The fourth-order valence-corrected chi connectivity index (χ4v) is 1.02. The number of alkyl halides is 2. The van der Waals surface area contributed by atoms with E-state index in [4.69, 9.17) is 5.11 Å². The van der Waals surface area contributed by atoms with Crippen molar-refractivity contribution >= 4 is 0 Å². The normalized spacial score (nSPS) is 10.9. The molecule has 1 aromatic rings. The highest BCUT2D eigenvalue weighted by Gasteiger charge is 2.18. The van der Waals surface area contributed by atoms with Crippen LogP contribution in [0.1, 0.15) is 23.4 Å². The van der Waals surface area contributed by atoms with Gasteiger partial charge in [0.25, 0.3) is 6.43 Å². The minimum atomic E-state index is -2.86. The number of hydrogen-bond donors (Lipinski definition) is 1. The lowest BCUT2D eigenvalue weighted by molar-refractivity contribution is 0.140. The Hall–Kier alpha value is -1.10. The highest BCUT2D eigenvalue weighted by atomic mass is 19.3. The summed E-state index contributed by atoms with van der Waals surface area (Å²) in [4.78, 5) is 3.45. The van der Waals surface area contributed by atoms with Crippen LogP contribution < -0.4 is 0 Å². The summed E-state index contributed by atoms with van der Waals surface area (Å²) in [5.74, 6) is -0.842. The van der Waals surface area contributed by atoms with Gasteiger partial charge in [-0.2, -0.15) is 0 Å². The van der Waals surface area contributed by atoms with Gasteiger partial charge in [-0.25, -0.2) is 13.2 Å². The van der Waals surface area contributed by atoms with Crippen LogP contribution in [0.3, 0.4) is 0 Å². The minimum absolute atomic E-state index is 0.171. The molecule has 13 heavy (non-hydrogen) atoms. The van der Waals surface area contributed by atoms with Crippen LogP contribution in [0.25, 0.3) is 0 Å². The quantitative estimate of drug-likeness (QED) is 0.775. The third kappa shape index (κ3) is 1.98. The zero-order valence-electron chi connectivity index (χ0n) is 6.89. The van der Waals surface area contributed by atoms with Gasteiger partial charge in [0, 0.05) is 11.3 Å². The Labute approximate surface area is 73.0 Å². The van der Waals surface area contributed by atoms with Crippen molar-refractivity contribution in [3.63, 3.8) is 0 Å². The van der Waals surface area contributed by atoms with E-state index in [9.17, 15) is 13.2 Å². The molecule has 0 aromatic carbocycles. The van der Waals surface area contributed by atoms with Gasteiger partial charge in [0.05, 0.1) is 6.61 Å². The van der Waals surface area contributed by atoms with Crippen molar-refractivity contribution in [1.82, 2.24) is 4.98 Å². The van der Waals surface area contributed by atoms with Gasteiger partial charge in [0.1, 0.15) is 11.5 Å². The molecule has 1 aromatic heterocycles. The molecule has 0 unspecified atom stereocenters. The summed E-state index contributed by atoms with van der Waals surface area (Å²) in [6.07, 6.45) is -2.86. The van der Waals surface area contributed by atoms with Crippen molar-refractivity contribution in [3.8, 4) is 0 Å². The van der Waals surface area contributed by atoms with Crippen molar-refractivity contribution in [2.24, 2.45) is 0 Å². The van der Waals surface area contributed by atoms with E-state index in [-0.39, 0.29) is 5.69 Å². The first-order valence-electron chi connectivity index (χ1n) is 3.61. The summed E-state index contributed by atoms with van der Waals surface area (Å²) in [5, 5.41) is 8.63. The highest BCUT2D eigenvalue weighted by Crippen LogP contribution is 2.23. The second-order valence-electron chi connectivity index (χ2n) is 2.57. The maximum absolute atomic E-state index is 12.9. The van der Waals surface area contributed by atoms with Crippen LogP contribution >= 0.6 is 0 Å². The lowest BCUT2D eigenvalue weighted by Gasteiger charge is -2.07. The predicted octanol–water partition coefficient (Wildman–Crippen LogP) is 1.96. The molecule has 0 saturated heterocycles. The summed E-state index contributed by atoms with van der Waals surface area (Å²) in [5.41, 5.74) is -0.939. The Bertz CT molecular complexity index is 315. The molecule has 5 heteroatoms. The summed E-state index contributed by atoms with van der Waals surface area (Å²) in [6.45, 7) is 0.648. The minimum Gasteiger partial charge on any atom is -0.391 e. The van der Waals surface area contributed by atoms with Crippen molar-refractivity contribution in [1.29, 1.82) is 0 Å². The summed E-state index contributed by atoms with van der Waals surface area (Å²) >= 11 is 0. The largest absolute Gasteiger partial charge is 0.391 e. The average molecular weight is 191 g/mol. The SMILES string of the molecule is Cc1cc(F)c(CO)c(C(F)F)n1. The Morgan fingerprint density at radius 3 is 2.62 bits per heavy atom. The fourth-order valence-electron chi connectivity index (χ4n) is 1.02. The molecule has 0 aliphatic carbocycles. The van der Waals surface area contributed by atoms with Crippen molar-refractivity contribution in [3.05, 3.63) is 28.8 Å². The molecule has 1 N–H and O–H groups in total. The van der Waals surface area contributed by atoms with Crippen LogP contribution in [0.15, 0.2) is 6.07 Å². The Morgan fingerprint density at radius 1 is 1.54 bits per heavy atom. The van der Waals surface area contributed by atoms with Crippen LogP contribution in [0.2, 0.25) is 0 Å². The molecule has 0 amide bonds. The van der Waals surface area contributed by atoms with E-state index >= 15 is 0 Å². The Morgan fingerprint density at radius 2 is 2.15 bits per heavy atom. The van der Waals surface area contributed by atoms with E-state index in [0.29, 0.717) is 0 Å². The molecule has 1 heterocycles. The monoisotopic (exact) mass is 191 g/mol. The zero-order chi connectivity index (χ0) is 10.0. The number of halogens is 3. The molecular weight excluding hydrogens is 183 g/mol. The Balaban J connectivity index is 3.29. The lowest BCUT2D eigenvalue weighted by atomic mass is 10.2. The van der Waals surface area contributed by atoms with Gasteiger partial charge in [-0.05, 0) is 13.0 Å². The first kappa shape index (κ1) is 9.98. The standard InChI is InChI=1S/C8H8F3NO/c1-4-2-6(9)5(3-13)7(12-4)8(10)11/h2,8,13H,3H2,1H3. The molecular formula is C8H8F3NO. The predicted molar refractivity (Wildman–Crippen MR) is 39.8 cm³/mol. The van der Waals surface area contributed by atoms with E-state index in [2.05, 4.69) is 4.98 Å². The smallest absolute Gasteiger partial charge is 0.280 e. The molecule has 0 bridgehead atoms. The average Bonchev–Trinajstić information content (AvgIpc) is 2.02. The number of hydrogen-bond acceptors (Lipinski definition) is 2. The number of aliphatic hydroxyl groups excluding tert-OH is 1. The molecule has 0 spiro atoms. The van der Waals surface area contributed by atoms with Crippen LogP contribution in [0.5, 0.6) is 0 Å². The van der Waals surface area contributed by atoms with Gasteiger partial charge < -0.3 is 5.11 Å². The second kappa shape index (κ2) is 3.74. The number of pyridine rings is 1. The van der Waals surface area contributed by atoms with Crippen molar-refractivity contribution in [2.45, 2.75) is 20.0 Å². The van der Waals surface area contributed by atoms with E-state index in [1.807, 2.05) is 0 Å². The maximum atomic E-state index is 12.9. The van der Waals surface area contributed by atoms with E-state index in [0.717, 1.165) is 6.07 Å². The maximum Gasteiger partial charge on any atom is 0.280 e. The second-order valence-corrected chi connectivity index (χ2v) is 2.57. The third-order valence-electron chi connectivity index (χ3n) is 1.59. The molecule has 0 radical (unpaired) electrons. The molecule has 0 aliphatic rings. The molecule has 0 fully saturated rings. The van der Waals surface area contributed by atoms with Gasteiger partial charge in [-0.15, -0.1) is 0 Å². The van der Waals surface area contributed by atoms with E-state index in [1.165, 1.54) is 6.92 Å². The van der Waals surface area contributed by atoms with Gasteiger partial charge in [0.15, 0.2) is 0 Å². The van der Waals surface area contributed by atoms with Gasteiger partial charge in [-0.1, -0.05) is 0 Å². The molecule has 0 aliphatic heterocycles. The fraction of sp³-hybridized carbons (Fsp3) is 0.375. The molecule has 1 rings (SSSR count). The van der Waals surface area contributed by atoms with Gasteiger partial charge in [0.2, 0.25) is 0 Å². The van der Waals surface area contributed by atoms with Gasteiger partial charge >= 0.3 is 0 Å². The molecule has 2 nitrogen and oxygen atoms in total.